The van der Waals surface area contributed by atoms with Crippen molar-refractivity contribution < 1.29 is 8.83 Å². The highest BCUT2D eigenvalue weighted by Gasteiger charge is 2.19. The number of aromatic nitrogens is 4. The first-order chi connectivity index (χ1) is 9.78. The Balaban J connectivity index is 2.11. The summed E-state index contributed by atoms with van der Waals surface area (Å²) in [6, 6.07) is 3.58. The van der Waals surface area contributed by atoms with Crippen LogP contribution in [0.5, 0.6) is 0 Å². The topological polar surface area (TPSA) is 81.9 Å². The Kier molecular flexibility index (Phi) is 2.11. The average Bonchev–Trinajstić information content (AvgIpc) is 3.15. The first-order valence-corrected chi connectivity index (χ1v) is 6.11. The van der Waals surface area contributed by atoms with Crippen molar-refractivity contribution in [2.75, 3.05) is 12.4 Å². The predicted molar refractivity (Wildman–Crippen MR) is 73.3 cm³/mol. The number of oxazole rings is 1. The van der Waals surface area contributed by atoms with Gasteiger partial charge in [-0.1, -0.05) is 0 Å². The maximum absolute atomic E-state index is 5.69. The van der Waals surface area contributed by atoms with Crippen LogP contribution in [0.3, 0.4) is 0 Å². The molecule has 7 heteroatoms. The molecule has 0 atom stereocenters. The van der Waals surface area contributed by atoms with E-state index in [4.69, 9.17) is 8.83 Å². The molecule has 4 aromatic rings. The van der Waals surface area contributed by atoms with Crippen molar-refractivity contribution in [3.05, 3.63) is 24.7 Å². The molecule has 7 nitrogen and oxygen atoms in total. The molecule has 0 unspecified atom stereocenters. The molecule has 0 fully saturated rings. The van der Waals surface area contributed by atoms with E-state index < -0.39 is 0 Å². The summed E-state index contributed by atoms with van der Waals surface area (Å²) < 4.78 is 12.9. The van der Waals surface area contributed by atoms with Crippen LogP contribution in [0.4, 0.5) is 5.82 Å². The normalized spacial score (nSPS) is 11.5. The van der Waals surface area contributed by atoms with Crippen molar-refractivity contribution in [2.24, 2.45) is 7.05 Å². The molecule has 0 amide bonds. The van der Waals surface area contributed by atoms with Crippen LogP contribution < -0.4 is 5.32 Å². The monoisotopic (exact) mass is 269 g/mol. The van der Waals surface area contributed by atoms with E-state index in [0.29, 0.717) is 28.7 Å². The molecule has 0 saturated carbocycles. The van der Waals surface area contributed by atoms with E-state index in [2.05, 4.69) is 20.3 Å². The average molecular weight is 269 g/mol. The van der Waals surface area contributed by atoms with Gasteiger partial charge in [0.2, 0.25) is 0 Å². The minimum atomic E-state index is 0.410. The van der Waals surface area contributed by atoms with E-state index in [9.17, 15) is 0 Å². The fourth-order valence-electron chi connectivity index (χ4n) is 2.26. The van der Waals surface area contributed by atoms with Crippen molar-refractivity contribution in [3.63, 3.8) is 0 Å². The summed E-state index contributed by atoms with van der Waals surface area (Å²) >= 11 is 0. The smallest absolute Gasteiger partial charge is 0.265 e. The Morgan fingerprint density at radius 3 is 2.90 bits per heavy atom. The van der Waals surface area contributed by atoms with Crippen molar-refractivity contribution in [1.29, 1.82) is 0 Å². The first kappa shape index (κ1) is 11.0. The summed E-state index contributed by atoms with van der Waals surface area (Å²) in [6.07, 6.45) is 3.31. The molecule has 1 N–H and O–H groups in total. The van der Waals surface area contributed by atoms with Gasteiger partial charge < -0.3 is 18.7 Å². The molecule has 0 bridgehead atoms. The molecular formula is C13H11N5O2. The second kappa shape index (κ2) is 3.83. The Bertz CT molecular complexity index is 904. The van der Waals surface area contributed by atoms with Gasteiger partial charge in [-0.05, 0) is 12.1 Å². The maximum atomic E-state index is 5.69. The second-order valence-corrected chi connectivity index (χ2v) is 4.41. The quantitative estimate of drug-likeness (QED) is 0.601. The number of hydrogen-bond acceptors (Lipinski definition) is 6. The van der Waals surface area contributed by atoms with Crippen LogP contribution in [0, 0.1) is 0 Å². The standard InChI is InChI=1S/C13H11N5O2/c1-14-11-8-10(18(2)6-15-8)9-13(17-11)20-12(16-9)7-4-3-5-19-7/h3-6H,1-2H3,(H,14,17). The zero-order valence-corrected chi connectivity index (χ0v) is 10.9. The number of nitrogens with zero attached hydrogens (tertiary/aromatic N) is 4. The number of hydrogen-bond donors (Lipinski definition) is 1. The molecule has 4 aromatic heterocycles. The minimum absolute atomic E-state index is 0.410. The number of imidazole rings is 1. The second-order valence-electron chi connectivity index (χ2n) is 4.41. The molecule has 0 aliphatic carbocycles. The number of furan rings is 1. The number of pyridine rings is 1. The van der Waals surface area contributed by atoms with E-state index in [1.165, 1.54) is 0 Å². The molecule has 0 spiro atoms. The van der Waals surface area contributed by atoms with Gasteiger partial charge in [-0.3, -0.25) is 0 Å². The van der Waals surface area contributed by atoms with Crippen molar-refractivity contribution in [3.8, 4) is 11.7 Å². The van der Waals surface area contributed by atoms with Gasteiger partial charge in [-0.25, -0.2) is 9.97 Å². The number of rotatable bonds is 2. The maximum Gasteiger partial charge on any atom is 0.265 e. The molecule has 0 aliphatic heterocycles. The zero-order valence-electron chi connectivity index (χ0n) is 10.9. The summed E-state index contributed by atoms with van der Waals surface area (Å²) in [5, 5.41) is 3.02. The predicted octanol–water partition coefficient (Wildman–Crippen LogP) is 2.41. The van der Waals surface area contributed by atoms with Gasteiger partial charge in [-0.15, -0.1) is 0 Å². The fraction of sp³-hybridized carbons (Fsp3) is 0.154. The molecule has 0 aliphatic rings. The van der Waals surface area contributed by atoms with Crippen LogP contribution in [0.1, 0.15) is 0 Å². The van der Waals surface area contributed by atoms with Crippen LogP contribution in [-0.2, 0) is 7.05 Å². The third-order valence-electron chi connectivity index (χ3n) is 3.18. The molecule has 0 saturated heterocycles. The van der Waals surface area contributed by atoms with Gasteiger partial charge in [0.1, 0.15) is 11.0 Å². The number of nitrogens with one attached hydrogen (secondary N) is 1. The zero-order chi connectivity index (χ0) is 13.7. The van der Waals surface area contributed by atoms with Gasteiger partial charge >= 0.3 is 0 Å². The van der Waals surface area contributed by atoms with E-state index >= 15 is 0 Å². The van der Waals surface area contributed by atoms with Crippen molar-refractivity contribution >= 4 is 28.1 Å². The number of anilines is 1. The van der Waals surface area contributed by atoms with E-state index in [1.54, 1.807) is 31.8 Å². The minimum Gasteiger partial charge on any atom is -0.459 e. The third kappa shape index (κ3) is 1.37. The Morgan fingerprint density at radius 2 is 2.15 bits per heavy atom. The van der Waals surface area contributed by atoms with Gasteiger partial charge in [0, 0.05) is 14.1 Å². The largest absolute Gasteiger partial charge is 0.459 e. The lowest BCUT2D eigenvalue weighted by molar-refractivity contribution is 0.531. The van der Waals surface area contributed by atoms with Crippen molar-refractivity contribution in [2.45, 2.75) is 0 Å². The first-order valence-electron chi connectivity index (χ1n) is 6.11. The Hall–Kier alpha value is -2.83. The lowest BCUT2D eigenvalue weighted by atomic mass is 10.3. The van der Waals surface area contributed by atoms with Gasteiger partial charge in [0.05, 0.1) is 12.6 Å². The molecule has 100 valence electrons. The van der Waals surface area contributed by atoms with Crippen LogP contribution >= 0.6 is 0 Å². The highest BCUT2D eigenvalue weighted by Crippen LogP contribution is 2.31. The summed E-state index contributed by atoms with van der Waals surface area (Å²) in [5.74, 6) is 1.65. The van der Waals surface area contributed by atoms with E-state index in [0.717, 1.165) is 11.0 Å². The highest BCUT2D eigenvalue weighted by molar-refractivity contribution is 6.03. The molecule has 20 heavy (non-hydrogen) atoms. The Morgan fingerprint density at radius 1 is 1.25 bits per heavy atom. The number of fused-ring (bicyclic) bond motifs is 3. The third-order valence-corrected chi connectivity index (χ3v) is 3.18. The SMILES string of the molecule is CNc1nc2oc(-c3ccco3)nc2c2c1ncn2C. The lowest BCUT2D eigenvalue weighted by Gasteiger charge is -2.00. The van der Waals surface area contributed by atoms with Crippen molar-refractivity contribution in [1.82, 2.24) is 19.5 Å². The van der Waals surface area contributed by atoms with Crippen LogP contribution in [0.25, 0.3) is 33.9 Å². The van der Waals surface area contributed by atoms with Crippen LogP contribution in [0.15, 0.2) is 33.6 Å². The van der Waals surface area contributed by atoms with E-state index in [1.807, 2.05) is 11.6 Å². The highest BCUT2D eigenvalue weighted by atomic mass is 16.4. The van der Waals surface area contributed by atoms with E-state index in [-0.39, 0.29) is 0 Å². The summed E-state index contributed by atoms with van der Waals surface area (Å²) in [5.41, 5.74) is 2.77. The molecule has 0 radical (unpaired) electrons. The number of aryl methyl sites for hydroxylation is 1. The molecule has 4 rings (SSSR count). The van der Waals surface area contributed by atoms with Gasteiger partial charge in [-0.2, -0.15) is 4.98 Å². The van der Waals surface area contributed by atoms with Gasteiger partial charge in [0.25, 0.3) is 11.6 Å². The molecule has 4 heterocycles. The lowest BCUT2D eigenvalue weighted by Crippen LogP contribution is -1.95. The fourth-order valence-corrected chi connectivity index (χ4v) is 2.26. The summed E-state index contributed by atoms with van der Waals surface area (Å²) in [6.45, 7) is 0. The van der Waals surface area contributed by atoms with Crippen LogP contribution in [-0.4, -0.2) is 26.6 Å². The Labute approximate surface area is 113 Å². The summed E-state index contributed by atoms with van der Waals surface area (Å²) in [4.78, 5) is 13.2. The molecular weight excluding hydrogens is 258 g/mol. The van der Waals surface area contributed by atoms with Gasteiger partial charge in [0.15, 0.2) is 17.1 Å². The summed E-state index contributed by atoms with van der Waals surface area (Å²) in [7, 11) is 3.71. The molecule has 0 aromatic carbocycles. The van der Waals surface area contributed by atoms with Crippen LogP contribution in [0.2, 0.25) is 0 Å².